The number of nitrogens with one attached hydrogen (secondary N) is 1. The van der Waals surface area contributed by atoms with Gasteiger partial charge in [0.15, 0.2) is 0 Å². The van der Waals surface area contributed by atoms with Crippen LogP contribution in [0.1, 0.15) is 43.7 Å². The van der Waals surface area contributed by atoms with E-state index < -0.39 is 16.1 Å². The Morgan fingerprint density at radius 1 is 1.15 bits per heavy atom. The van der Waals surface area contributed by atoms with Gasteiger partial charge in [0.05, 0.1) is 19.1 Å². The minimum absolute atomic E-state index is 0.241. The predicted octanol–water partition coefficient (Wildman–Crippen LogP) is 4.20. The monoisotopic (exact) mass is 507 g/mol. The molecule has 1 unspecified atom stereocenters. The molecule has 0 aliphatic carbocycles. The molecule has 0 bridgehead atoms. The number of ether oxygens (including phenoxy) is 1. The summed E-state index contributed by atoms with van der Waals surface area (Å²) in [6.07, 6.45) is 5.07. The van der Waals surface area contributed by atoms with Gasteiger partial charge in [-0.1, -0.05) is 49.2 Å². The molecule has 1 amide bonds. The average molecular weight is 508 g/mol. The van der Waals surface area contributed by atoms with Gasteiger partial charge >= 0.3 is 0 Å². The van der Waals surface area contributed by atoms with E-state index in [1.165, 1.54) is 38.0 Å². The van der Waals surface area contributed by atoms with Crippen molar-refractivity contribution in [2.24, 2.45) is 0 Å². The highest BCUT2D eigenvalue weighted by atomic mass is 35.5. The highest BCUT2D eigenvalue weighted by Gasteiger charge is 2.33. The topological polar surface area (TPSA) is 79.0 Å². The minimum Gasteiger partial charge on any atom is -0.495 e. The third-order valence-electron chi connectivity index (χ3n) is 6.12. The molecule has 34 heavy (non-hydrogen) atoms. The van der Waals surface area contributed by atoms with Gasteiger partial charge in [0.25, 0.3) is 0 Å². The van der Waals surface area contributed by atoms with Crippen molar-refractivity contribution in [2.45, 2.75) is 51.7 Å². The Hall–Kier alpha value is -2.29. The van der Waals surface area contributed by atoms with Crippen LogP contribution in [0.25, 0.3) is 0 Å². The van der Waals surface area contributed by atoms with Crippen LogP contribution in [0, 0.1) is 0 Å². The molecular weight excluding hydrogens is 474 g/mol. The molecular formula is C25H34ClN3O4S. The van der Waals surface area contributed by atoms with Crippen molar-refractivity contribution in [3.8, 4) is 5.75 Å². The molecule has 9 heteroatoms. The van der Waals surface area contributed by atoms with Gasteiger partial charge in [-0.2, -0.15) is 0 Å². The summed E-state index contributed by atoms with van der Waals surface area (Å²) in [5, 5.41) is 3.32. The number of sulfonamides is 1. The van der Waals surface area contributed by atoms with Crippen molar-refractivity contribution >= 4 is 33.2 Å². The lowest BCUT2D eigenvalue weighted by molar-refractivity contribution is -0.122. The van der Waals surface area contributed by atoms with Crippen LogP contribution in [0.2, 0.25) is 5.02 Å². The zero-order valence-corrected chi connectivity index (χ0v) is 21.7. The quantitative estimate of drug-likeness (QED) is 0.521. The van der Waals surface area contributed by atoms with Crippen LogP contribution < -0.4 is 14.4 Å². The third-order valence-corrected chi connectivity index (χ3v) is 7.52. The van der Waals surface area contributed by atoms with Gasteiger partial charge < -0.3 is 10.1 Å². The normalized spacial score (nSPS) is 15.5. The van der Waals surface area contributed by atoms with Crippen LogP contribution in [-0.2, 0) is 27.9 Å². The molecule has 1 aliphatic rings. The van der Waals surface area contributed by atoms with Gasteiger partial charge in [0.2, 0.25) is 15.9 Å². The van der Waals surface area contributed by atoms with Crippen molar-refractivity contribution < 1.29 is 17.9 Å². The Morgan fingerprint density at radius 3 is 2.44 bits per heavy atom. The Kier molecular flexibility index (Phi) is 9.22. The first-order valence-corrected chi connectivity index (χ1v) is 13.9. The maximum atomic E-state index is 13.3. The van der Waals surface area contributed by atoms with Crippen LogP contribution in [-0.4, -0.2) is 51.7 Å². The van der Waals surface area contributed by atoms with Gasteiger partial charge in [-0.15, -0.1) is 0 Å². The van der Waals surface area contributed by atoms with Crippen LogP contribution in [0.4, 0.5) is 5.69 Å². The number of carbonyl (C=O) groups excluding carboxylic acids is 1. The number of amides is 1. The molecule has 0 spiro atoms. The van der Waals surface area contributed by atoms with E-state index in [1.54, 1.807) is 19.1 Å². The summed E-state index contributed by atoms with van der Waals surface area (Å²) in [6, 6.07) is 11.8. The molecule has 1 saturated heterocycles. The standard InChI is InChI=1S/C25H34ClN3O4S/c1-4-22(29(34(3,31)32)23-16-21(26)12-13-24(23)33-2)25(30)27-17-19-10-6-7-11-20(19)18-28-14-8-5-9-15-28/h6-7,10-13,16,22H,4-5,8-9,14-15,17-18H2,1-3H3,(H,27,30). The second kappa shape index (κ2) is 11.9. The number of rotatable bonds is 10. The maximum Gasteiger partial charge on any atom is 0.244 e. The summed E-state index contributed by atoms with van der Waals surface area (Å²) in [7, 11) is -2.35. The molecule has 3 rings (SSSR count). The van der Waals surface area contributed by atoms with Crippen LogP contribution in [0.3, 0.4) is 0 Å². The number of methoxy groups -OCH3 is 1. The second-order valence-electron chi connectivity index (χ2n) is 8.62. The minimum atomic E-state index is -3.81. The van der Waals surface area contributed by atoms with Gasteiger partial charge in [-0.3, -0.25) is 14.0 Å². The molecule has 1 fully saturated rings. The van der Waals surface area contributed by atoms with Gasteiger partial charge in [-0.05, 0) is 61.7 Å². The number of anilines is 1. The lowest BCUT2D eigenvalue weighted by atomic mass is 10.0. The lowest BCUT2D eigenvalue weighted by Crippen LogP contribution is -2.49. The fourth-order valence-electron chi connectivity index (χ4n) is 4.41. The Balaban J connectivity index is 1.81. The number of likely N-dealkylation sites (tertiary alicyclic amines) is 1. The summed E-state index contributed by atoms with van der Waals surface area (Å²) < 4.78 is 32.1. The van der Waals surface area contributed by atoms with Crippen molar-refractivity contribution in [1.29, 1.82) is 0 Å². The smallest absolute Gasteiger partial charge is 0.244 e. The molecule has 7 nitrogen and oxygen atoms in total. The van der Waals surface area contributed by atoms with E-state index in [9.17, 15) is 13.2 Å². The first-order valence-electron chi connectivity index (χ1n) is 11.6. The van der Waals surface area contributed by atoms with E-state index in [0.717, 1.165) is 35.8 Å². The molecule has 0 aromatic heterocycles. The summed E-state index contributed by atoms with van der Waals surface area (Å²) in [5.41, 5.74) is 2.45. The molecule has 0 radical (unpaired) electrons. The molecule has 2 aromatic rings. The number of hydrogen-bond donors (Lipinski definition) is 1. The van der Waals surface area contributed by atoms with E-state index in [2.05, 4.69) is 16.3 Å². The summed E-state index contributed by atoms with van der Waals surface area (Å²) in [4.78, 5) is 15.7. The highest BCUT2D eigenvalue weighted by Crippen LogP contribution is 2.35. The number of hydrogen-bond acceptors (Lipinski definition) is 5. The zero-order chi connectivity index (χ0) is 24.7. The first kappa shape index (κ1) is 26.3. The first-order chi connectivity index (χ1) is 16.2. The van der Waals surface area contributed by atoms with E-state index in [-0.39, 0.29) is 18.0 Å². The summed E-state index contributed by atoms with van der Waals surface area (Å²) in [5.74, 6) is -0.0457. The molecule has 2 aromatic carbocycles. The SMILES string of the molecule is CCC(C(=O)NCc1ccccc1CN1CCCCC1)N(c1cc(Cl)ccc1OC)S(C)(=O)=O. The third kappa shape index (κ3) is 6.64. The van der Waals surface area contributed by atoms with Crippen molar-refractivity contribution in [3.63, 3.8) is 0 Å². The predicted molar refractivity (Wildman–Crippen MR) is 137 cm³/mol. The van der Waals surface area contributed by atoms with Gasteiger partial charge in [0.1, 0.15) is 11.8 Å². The largest absolute Gasteiger partial charge is 0.495 e. The number of piperidine rings is 1. The van der Waals surface area contributed by atoms with Crippen LogP contribution >= 0.6 is 11.6 Å². The number of benzene rings is 2. The van der Waals surface area contributed by atoms with E-state index >= 15 is 0 Å². The average Bonchev–Trinajstić information content (AvgIpc) is 2.81. The summed E-state index contributed by atoms with van der Waals surface area (Å²) >= 11 is 6.15. The molecule has 1 aliphatic heterocycles. The van der Waals surface area contributed by atoms with Crippen molar-refractivity contribution in [1.82, 2.24) is 10.2 Å². The van der Waals surface area contributed by atoms with E-state index in [0.29, 0.717) is 17.3 Å². The fraction of sp³-hybridized carbons (Fsp3) is 0.480. The molecule has 186 valence electrons. The van der Waals surface area contributed by atoms with Gasteiger partial charge in [0, 0.05) is 18.1 Å². The Morgan fingerprint density at radius 2 is 1.82 bits per heavy atom. The molecule has 1 heterocycles. The number of halogens is 1. The zero-order valence-electron chi connectivity index (χ0n) is 20.1. The van der Waals surface area contributed by atoms with Gasteiger partial charge in [-0.25, -0.2) is 8.42 Å². The fourth-order valence-corrected chi connectivity index (χ4v) is 5.79. The maximum absolute atomic E-state index is 13.3. The second-order valence-corrected chi connectivity index (χ2v) is 10.9. The van der Waals surface area contributed by atoms with Crippen LogP contribution in [0.5, 0.6) is 5.75 Å². The van der Waals surface area contributed by atoms with E-state index in [4.69, 9.17) is 16.3 Å². The molecule has 1 N–H and O–H groups in total. The lowest BCUT2D eigenvalue weighted by Gasteiger charge is -2.31. The highest BCUT2D eigenvalue weighted by molar-refractivity contribution is 7.92. The van der Waals surface area contributed by atoms with Crippen LogP contribution in [0.15, 0.2) is 42.5 Å². The molecule has 1 atom stereocenters. The Labute approximate surface area is 208 Å². The number of nitrogens with zero attached hydrogens (tertiary/aromatic N) is 2. The number of carbonyl (C=O) groups is 1. The summed E-state index contributed by atoms with van der Waals surface area (Å²) in [6.45, 7) is 5.12. The Bertz CT molecular complexity index is 1090. The van der Waals surface area contributed by atoms with E-state index in [1.807, 2.05) is 18.2 Å². The molecule has 0 saturated carbocycles. The van der Waals surface area contributed by atoms with Crippen molar-refractivity contribution in [2.75, 3.05) is 30.8 Å². The van der Waals surface area contributed by atoms with Crippen molar-refractivity contribution in [3.05, 3.63) is 58.6 Å².